The maximum atomic E-state index is 12.7. The number of benzene rings is 1. The molecule has 0 atom stereocenters. The topological polar surface area (TPSA) is 72.2 Å². The Kier molecular flexibility index (Phi) is 3.29. The number of nitrogens with one attached hydrogen (secondary N) is 1. The van der Waals surface area contributed by atoms with Gasteiger partial charge in [0.2, 0.25) is 10.0 Å². The highest BCUT2D eigenvalue weighted by Crippen LogP contribution is 2.45. The second-order valence-electron chi connectivity index (χ2n) is 6.31. The molecule has 110 valence electrons. The van der Waals surface area contributed by atoms with Crippen LogP contribution in [0, 0.1) is 25.7 Å². The summed E-state index contributed by atoms with van der Waals surface area (Å²) in [4.78, 5) is 0.401. The Bertz CT molecular complexity index is 596. The maximum absolute atomic E-state index is 12.7. The van der Waals surface area contributed by atoms with Crippen LogP contribution in [0.1, 0.15) is 36.8 Å². The average Bonchev–Trinajstić information content (AvgIpc) is 3.18. The quantitative estimate of drug-likeness (QED) is 0.819. The van der Waals surface area contributed by atoms with Crippen LogP contribution < -0.4 is 10.5 Å². The van der Waals surface area contributed by atoms with Crippen LogP contribution >= 0.6 is 0 Å². The van der Waals surface area contributed by atoms with Gasteiger partial charge in [-0.15, -0.1) is 0 Å². The first-order chi connectivity index (χ1) is 9.38. The van der Waals surface area contributed by atoms with Gasteiger partial charge in [-0.25, -0.2) is 13.1 Å². The third-order valence-corrected chi connectivity index (χ3v) is 6.07. The summed E-state index contributed by atoms with van der Waals surface area (Å²) in [6.45, 7) is 3.61. The summed E-state index contributed by atoms with van der Waals surface area (Å²) >= 11 is 0. The number of aryl methyl sites for hydroxylation is 2. The van der Waals surface area contributed by atoms with Crippen molar-refractivity contribution in [3.63, 3.8) is 0 Å². The molecule has 0 unspecified atom stereocenters. The molecule has 1 aromatic carbocycles. The van der Waals surface area contributed by atoms with Gasteiger partial charge >= 0.3 is 0 Å². The van der Waals surface area contributed by atoms with Crippen LogP contribution in [-0.2, 0) is 10.0 Å². The summed E-state index contributed by atoms with van der Waals surface area (Å²) in [5.41, 5.74) is 7.83. The lowest BCUT2D eigenvalue weighted by Crippen LogP contribution is -2.38. The van der Waals surface area contributed by atoms with Gasteiger partial charge in [0.1, 0.15) is 0 Å². The fraction of sp³-hybridized carbons (Fsp3) is 0.600. The highest BCUT2D eigenvalue weighted by molar-refractivity contribution is 7.89. The molecule has 3 N–H and O–H groups in total. The van der Waals surface area contributed by atoms with Crippen LogP contribution in [0.15, 0.2) is 17.0 Å². The van der Waals surface area contributed by atoms with Crippen molar-refractivity contribution in [2.45, 2.75) is 50.5 Å². The van der Waals surface area contributed by atoms with Gasteiger partial charge in [0, 0.05) is 11.7 Å². The zero-order valence-electron chi connectivity index (χ0n) is 12.0. The molecule has 3 rings (SSSR count). The van der Waals surface area contributed by atoms with Gasteiger partial charge in [-0.2, -0.15) is 0 Å². The summed E-state index contributed by atoms with van der Waals surface area (Å²) in [5, 5.41) is 0. The van der Waals surface area contributed by atoms with E-state index in [1.54, 1.807) is 26.0 Å². The van der Waals surface area contributed by atoms with E-state index in [1.807, 2.05) is 0 Å². The molecule has 0 radical (unpaired) electrons. The number of sulfonamides is 1. The molecule has 4 nitrogen and oxygen atoms in total. The molecule has 0 aliphatic heterocycles. The van der Waals surface area contributed by atoms with Crippen molar-refractivity contribution in [1.82, 2.24) is 4.72 Å². The fourth-order valence-corrected chi connectivity index (χ4v) is 4.96. The molecule has 2 fully saturated rings. The average molecular weight is 294 g/mol. The van der Waals surface area contributed by atoms with E-state index < -0.39 is 10.0 Å². The van der Waals surface area contributed by atoms with E-state index >= 15 is 0 Å². The molecular formula is C15H22N2O2S. The first-order valence-electron chi connectivity index (χ1n) is 7.27. The Labute approximate surface area is 120 Å². The highest BCUT2D eigenvalue weighted by atomic mass is 32.2. The molecule has 5 heteroatoms. The minimum atomic E-state index is -3.45. The molecule has 0 spiro atoms. The normalized spacial score (nSPS) is 19.6. The van der Waals surface area contributed by atoms with E-state index in [2.05, 4.69) is 4.72 Å². The Hall–Kier alpha value is -1.07. The molecule has 0 bridgehead atoms. The number of hydrogen-bond acceptors (Lipinski definition) is 3. The van der Waals surface area contributed by atoms with Crippen molar-refractivity contribution in [1.29, 1.82) is 0 Å². The standard InChI is InChI=1S/C15H22N2O2S/c1-9-7-13(16)8-10(2)15(9)20(18,19)17-14(11-3-4-11)12-5-6-12/h7-8,11-12,14,17H,3-6,16H2,1-2H3. The molecule has 0 aromatic heterocycles. The summed E-state index contributed by atoms with van der Waals surface area (Å²) in [5.74, 6) is 1.10. The minimum absolute atomic E-state index is 0.136. The van der Waals surface area contributed by atoms with Gasteiger partial charge in [0.15, 0.2) is 0 Å². The van der Waals surface area contributed by atoms with Gasteiger partial charge in [-0.1, -0.05) is 0 Å². The number of nitrogen functional groups attached to an aromatic ring is 1. The first-order valence-corrected chi connectivity index (χ1v) is 8.76. The molecule has 2 aliphatic rings. The van der Waals surface area contributed by atoms with Crippen molar-refractivity contribution in [3.05, 3.63) is 23.3 Å². The second-order valence-corrected chi connectivity index (χ2v) is 7.96. The number of hydrogen-bond donors (Lipinski definition) is 2. The molecule has 2 aliphatic carbocycles. The SMILES string of the molecule is Cc1cc(N)cc(C)c1S(=O)(=O)NC(C1CC1)C1CC1. The minimum Gasteiger partial charge on any atom is -0.399 e. The maximum Gasteiger partial charge on any atom is 0.241 e. The zero-order chi connectivity index (χ0) is 14.5. The van der Waals surface area contributed by atoms with E-state index in [0.717, 1.165) is 36.8 Å². The summed E-state index contributed by atoms with van der Waals surface area (Å²) in [6.07, 6.45) is 4.62. The van der Waals surface area contributed by atoms with E-state index in [9.17, 15) is 8.42 Å². The van der Waals surface area contributed by atoms with Crippen LogP contribution in [0.3, 0.4) is 0 Å². The summed E-state index contributed by atoms with van der Waals surface area (Å²) in [6, 6.07) is 3.59. The van der Waals surface area contributed by atoms with E-state index in [4.69, 9.17) is 5.73 Å². The van der Waals surface area contributed by atoms with E-state index in [-0.39, 0.29) is 6.04 Å². The first kappa shape index (κ1) is 13.9. The van der Waals surface area contributed by atoms with Crippen molar-refractivity contribution in [2.75, 3.05) is 5.73 Å². The van der Waals surface area contributed by atoms with Crippen LogP contribution in [0.25, 0.3) is 0 Å². The fourth-order valence-electron chi connectivity index (χ4n) is 3.13. The third kappa shape index (κ3) is 2.69. The predicted octanol–water partition coefficient (Wildman–Crippen LogP) is 2.35. The lowest BCUT2D eigenvalue weighted by Gasteiger charge is -2.20. The number of nitrogens with two attached hydrogens (primary N) is 1. The molecule has 2 saturated carbocycles. The monoisotopic (exact) mass is 294 g/mol. The van der Waals surface area contributed by atoms with E-state index in [0.29, 0.717) is 22.4 Å². The van der Waals surface area contributed by atoms with Crippen LogP contribution in [0.4, 0.5) is 5.69 Å². The van der Waals surface area contributed by atoms with Gasteiger partial charge in [-0.05, 0) is 74.6 Å². The summed E-state index contributed by atoms with van der Waals surface area (Å²) < 4.78 is 28.4. The summed E-state index contributed by atoms with van der Waals surface area (Å²) in [7, 11) is -3.45. The molecule has 20 heavy (non-hydrogen) atoms. The van der Waals surface area contributed by atoms with Crippen LogP contribution in [0.5, 0.6) is 0 Å². The molecule has 0 amide bonds. The number of anilines is 1. The zero-order valence-corrected chi connectivity index (χ0v) is 12.8. The van der Waals surface area contributed by atoms with Gasteiger partial charge in [0.05, 0.1) is 4.90 Å². The predicted molar refractivity (Wildman–Crippen MR) is 79.9 cm³/mol. The number of rotatable bonds is 5. The molecule has 0 heterocycles. The van der Waals surface area contributed by atoms with Crippen LogP contribution in [0.2, 0.25) is 0 Å². The van der Waals surface area contributed by atoms with Gasteiger partial charge in [0.25, 0.3) is 0 Å². The van der Waals surface area contributed by atoms with Crippen molar-refractivity contribution < 1.29 is 8.42 Å². The largest absolute Gasteiger partial charge is 0.399 e. The lowest BCUT2D eigenvalue weighted by atomic mass is 10.1. The lowest BCUT2D eigenvalue weighted by molar-refractivity contribution is 0.471. The molecule has 1 aromatic rings. The Balaban J connectivity index is 1.91. The van der Waals surface area contributed by atoms with Gasteiger partial charge < -0.3 is 5.73 Å². The highest BCUT2D eigenvalue weighted by Gasteiger charge is 2.43. The van der Waals surface area contributed by atoms with Crippen molar-refractivity contribution in [2.24, 2.45) is 11.8 Å². The second kappa shape index (κ2) is 4.74. The Morgan fingerprint density at radius 1 is 1.10 bits per heavy atom. The van der Waals surface area contributed by atoms with Crippen molar-refractivity contribution in [3.8, 4) is 0 Å². The van der Waals surface area contributed by atoms with Crippen molar-refractivity contribution >= 4 is 15.7 Å². The Morgan fingerprint density at radius 2 is 1.55 bits per heavy atom. The smallest absolute Gasteiger partial charge is 0.241 e. The third-order valence-electron chi connectivity index (χ3n) is 4.30. The van der Waals surface area contributed by atoms with Crippen LogP contribution in [-0.4, -0.2) is 14.5 Å². The molecule has 0 saturated heterocycles. The molecular weight excluding hydrogens is 272 g/mol. The van der Waals surface area contributed by atoms with E-state index in [1.165, 1.54) is 0 Å². The Morgan fingerprint density at radius 3 is 1.95 bits per heavy atom. The van der Waals surface area contributed by atoms with Gasteiger partial charge in [-0.3, -0.25) is 0 Å².